The molecule has 0 bridgehead atoms. The van der Waals surface area contributed by atoms with Crippen molar-refractivity contribution in [3.63, 3.8) is 0 Å². The van der Waals surface area contributed by atoms with Gasteiger partial charge in [0, 0.05) is 21.9 Å². The minimum atomic E-state index is 1.23. The lowest BCUT2D eigenvalue weighted by Crippen LogP contribution is -2.14. The van der Waals surface area contributed by atoms with E-state index in [0.29, 0.717) is 0 Å². The molecule has 1 nitrogen and oxygen atoms in total. The number of alkyl halides is 2. The maximum atomic E-state index is 2.78. The van der Waals surface area contributed by atoms with E-state index < -0.39 is 0 Å². The van der Waals surface area contributed by atoms with Crippen LogP contribution in [0.2, 0.25) is 0 Å². The fourth-order valence-electron chi connectivity index (χ4n) is 0.638. The van der Waals surface area contributed by atoms with Crippen LogP contribution in [0.15, 0.2) is 0 Å². The van der Waals surface area contributed by atoms with E-state index in [9.17, 15) is 0 Å². The molecule has 1 atom stereocenters. The van der Waals surface area contributed by atoms with Gasteiger partial charge in [-0.3, -0.25) is 4.67 Å². The topological polar surface area (TPSA) is 3.24 Å². The smallest absolute Gasteiger partial charge is 0.00234 e. The number of hydrogen-bond acceptors (Lipinski definition) is 1. The lowest BCUT2D eigenvalue weighted by Gasteiger charge is -2.13. The second-order valence-corrected chi connectivity index (χ2v) is 5.01. The summed E-state index contributed by atoms with van der Waals surface area (Å²) in [6.07, 6.45) is 2.62. The van der Waals surface area contributed by atoms with Gasteiger partial charge in [-0.05, 0) is 12.8 Å². The van der Waals surface area contributed by atoms with Crippen molar-refractivity contribution < 1.29 is 0 Å². The van der Waals surface area contributed by atoms with Gasteiger partial charge < -0.3 is 0 Å². The summed E-state index contributed by atoms with van der Waals surface area (Å²) in [5.74, 6) is 0. The maximum Gasteiger partial charge on any atom is 0.00234 e. The zero-order valence-corrected chi connectivity index (χ0v) is 11.5. The van der Waals surface area contributed by atoms with Crippen LogP contribution < -0.4 is 0 Å². The van der Waals surface area contributed by atoms with Gasteiger partial charge in [0.1, 0.15) is 0 Å². The van der Waals surface area contributed by atoms with Gasteiger partial charge in [-0.25, -0.2) is 0 Å². The molecule has 0 aromatic heterocycles. The molecule has 0 fully saturated rings. The Bertz CT molecular complexity index is 64.8. The summed E-state index contributed by atoms with van der Waals surface area (Å²) >= 11 is 4.84. The van der Waals surface area contributed by atoms with Crippen LogP contribution in [-0.2, 0) is 0 Å². The van der Waals surface area contributed by atoms with E-state index in [0.717, 1.165) is 0 Å². The molecule has 0 aromatic carbocycles. The van der Waals surface area contributed by atoms with Gasteiger partial charge in [0.05, 0.1) is 0 Å². The molecular weight excluding hydrogens is 371 g/mol. The Morgan fingerprint density at radius 1 is 1.00 bits per heavy atom. The molecule has 62 valence electrons. The quantitative estimate of drug-likeness (QED) is 0.386. The second-order valence-electron chi connectivity index (χ2n) is 2.12. The lowest BCUT2D eigenvalue weighted by molar-refractivity contribution is 0.472. The zero-order chi connectivity index (χ0) is 7.82. The average Bonchev–Trinajstić information content (AvgIpc) is 1.97. The van der Waals surface area contributed by atoms with Crippen molar-refractivity contribution in [2.24, 2.45) is 0 Å². The van der Waals surface area contributed by atoms with Crippen molar-refractivity contribution in [2.75, 3.05) is 21.9 Å². The summed E-state index contributed by atoms with van der Waals surface area (Å²) in [4.78, 5) is 0. The standard InChI is InChI=1S/C6H14I2NP/c7-3-1-5-9(10)6-2-4-8/h1-6,10H2. The molecule has 4 heteroatoms. The van der Waals surface area contributed by atoms with Crippen molar-refractivity contribution in [3.05, 3.63) is 0 Å². The number of rotatable bonds is 6. The summed E-state index contributed by atoms with van der Waals surface area (Å²) < 4.78 is 4.87. The molecule has 1 unspecified atom stereocenters. The third-order valence-corrected chi connectivity index (χ3v) is 3.20. The first-order chi connectivity index (χ1) is 4.81. The van der Waals surface area contributed by atoms with Crippen molar-refractivity contribution in [1.29, 1.82) is 0 Å². The van der Waals surface area contributed by atoms with Gasteiger partial charge in [-0.15, -0.1) is 0 Å². The van der Waals surface area contributed by atoms with Crippen LogP contribution in [0.4, 0.5) is 0 Å². The van der Waals surface area contributed by atoms with E-state index in [1.165, 1.54) is 34.8 Å². The Kier molecular flexibility index (Phi) is 10.6. The Balaban J connectivity index is 3.00. The Morgan fingerprint density at radius 3 is 1.70 bits per heavy atom. The van der Waals surface area contributed by atoms with Crippen molar-refractivity contribution >= 4 is 54.6 Å². The highest BCUT2D eigenvalue weighted by molar-refractivity contribution is 14.1. The SMILES string of the molecule is PN(CCCI)CCCI. The van der Waals surface area contributed by atoms with Gasteiger partial charge in [-0.2, -0.15) is 0 Å². The minimum Gasteiger partial charge on any atom is -0.287 e. The van der Waals surface area contributed by atoms with E-state index in [1.807, 2.05) is 0 Å². The molecule has 0 aliphatic heterocycles. The monoisotopic (exact) mass is 385 g/mol. The highest BCUT2D eigenvalue weighted by atomic mass is 127. The van der Waals surface area contributed by atoms with Crippen molar-refractivity contribution in [1.82, 2.24) is 4.67 Å². The van der Waals surface area contributed by atoms with E-state index in [4.69, 9.17) is 0 Å². The molecule has 0 aliphatic carbocycles. The van der Waals surface area contributed by atoms with Crippen LogP contribution in [0.3, 0.4) is 0 Å². The molecule has 0 aromatic rings. The van der Waals surface area contributed by atoms with Gasteiger partial charge >= 0.3 is 0 Å². The summed E-state index contributed by atoms with van der Waals surface area (Å²) in [6, 6.07) is 0. The number of halogens is 2. The van der Waals surface area contributed by atoms with E-state index in [-0.39, 0.29) is 0 Å². The molecule has 0 saturated carbocycles. The highest BCUT2D eigenvalue weighted by Crippen LogP contribution is 2.03. The lowest BCUT2D eigenvalue weighted by atomic mass is 10.4. The first-order valence-corrected chi connectivity index (χ1v) is 6.99. The predicted octanol–water partition coefficient (Wildman–Crippen LogP) is 2.73. The number of hydrogen-bond donors (Lipinski definition) is 0. The Morgan fingerprint density at radius 2 is 1.40 bits per heavy atom. The summed E-state index contributed by atoms with van der Waals surface area (Å²) in [7, 11) is 2.78. The fraction of sp³-hybridized carbons (Fsp3) is 1.00. The first kappa shape index (κ1) is 11.8. The molecule has 0 N–H and O–H groups in total. The van der Waals surface area contributed by atoms with Gasteiger partial charge in [0.25, 0.3) is 0 Å². The van der Waals surface area contributed by atoms with Crippen LogP contribution in [0.25, 0.3) is 0 Å². The van der Waals surface area contributed by atoms with E-state index in [1.54, 1.807) is 0 Å². The molecule has 0 saturated heterocycles. The fourth-order valence-corrected chi connectivity index (χ4v) is 1.68. The molecule has 0 amide bonds. The van der Waals surface area contributed by atoms with E-state index in [2.05, 4.69) is 59.2 Å². The summed E-state index contributed by atoms with van der Waals surface area (Å²) in [5.41, 5.74) is 0. The average molecular weight is 385 g/mol. The molecular formula is C6H14I2NP. The Labute approximate surface area is 93.2 Å². The minimum absolute atomic E-state index is 1.23. The van der Waals surface area contributed by atoms with Crippen LogP contribution >= 0.6 is 54.6 Å². The number of nitrogens with zero attached hydrogens (tertiary/aromatic N) is 1. The third kappa shape index (κ3) is 7.95. The molecule has 0 rings (SSSR count). The molecule has 0 heterocycles. The largest absolute Gasteiger partial charge is 0.287 e. The maximum absolute atomic E-state index is 2.78. The van der Waals surface area contributed by atoms with Gasteiger partial charge in [0.2, 0.25) is 0 Å². The normalized spacial score (nSPS) is 10.8. The van der Waals surface area contributed by atoms with Crippen LogP contribution in [0, 0.1) is 0 Å². The highest BCUT2D eigenvalue weighted by Gasteiger charge is 1.95. The summed E-state index contributed by atoms with van der Waals surface area (Å²) in [6.45, 7) is 2.45. The van der Waals surface area contributed by atoms with Crippen molar-refractivity contribution in [3.8, 4) is 0 Å². The Hall–Kier alpha value is 1.85. The third-order valence-electron chi connectivity index (χ3n) is 1.16. The summed E-state index contributed by atoms with van der Waals surface area (Å²) in [5, 5.41) is 0. The van der Waals surface area contributed by atoms with Crippen LogP contribution in [0.5, 0.6) is 0 Å². The zero-order valence-electron chi connectivity index (χ0n) is 6.02. The van der Waals surface area contributed by atoms with E-state index >= 15 is 0 Å². The molecule has 0 aliphatic rings. The van der Waals surface area contributed by atoms with Gasteiger partial charge in [0.15, 0.2) is 0 Å². The van der Waals surface area contributed by atoms with Crippen molar-refractivity contribution in [2.45, 2.75) is 12.8 Å². The molecule has 10 heavy (non-hydrogen) atoms. The molecule has 0 spiro atoms. The van der Waals surface area contributed by atoms with Crippen LogP contribution in [-0.4, -0.2) is 26.6 Å². The van der Waals surface area contributed by atoms with Crippen LogP contribution in [0.1, 0.15) is 12.8 Å². The van der Waals surface area contributed by atoms with Gasteiger partial charge in [-0.1, -0.05) is 54.6 Å². The molecule has 0 radical (unpaired) electrons. The first-order valence-electron chi connectivity index (χ1n) is 3.43. The second kappa shape index (κ2) is 8.94. The predicted molar refractivity (Wildman–Crippen MR) is 68.3 cm³/mol.